The molecule has 0 amide bonds. The predicted octanol–water partition coefficient (Wildman–Crippen LogP) is 4.39. The Kier molecular flexibility index (Phi) is 5.70. The molecule has 3 aromatic carbocycles. The maximum absolute atomic E-state index is 6.20. The molecule has 0 radical (unpaired) electrons. The molecule has 1 aliphatic rings. The fourth-order valence-electron chi connectivity index (χ4n) is 4.30. The van der Waals surface area contributed by atoms with Crippen LogP contribution in [-0.4, -0.2) is 28.3 Å². The summed E-state index contributed by atoms with van der Waals surface area (Å²) in [6, 6.07) is 24.2. The Morgan fingerprint density at radius 1 is 0.829 bits per heavy atom. The first-order valence-corrected chi connectivity index (χ1v) is 11.8. The van der Waals surface area contributed by atoms with E-state index in [1.54, 1.807) is 0 Å². The second kappa shape index (κ2) is 8.60. The molecule has 4 aromatic rings. The maximum Gasteiger partial charge on any atom is 0.494 e. The van der Waals surface area contributed by atoms with Gasteiger partial charge >= 0.3 is 7.12 Å². The van der Waals surface area contributed by atoms with Crippen LogP contribution in [0.4, 0.5) is 0 Å². The summed E-state index contributed by atoms with van der Waals surface area (Å²) in [7, 11) is -0.406. The SMILES string of the molecule is C=C/C(c1nc(-c2ccc(B3OC(C)(C)C(C)(C)O3)cc2)nc2ccccc12)=c1/ccccc1=C. The standard InChI is InChI=1S/C30H29BN2O2/c1-7-23(24-13-9-8-12-20(24)2)27-25-14-10-11-15-26(25)32-28(33-27)21-16-18-22(19-17-21)31-34-29(3,4)30(5,6)35-31/h7-19H,1-2H2,3-6H3/b24-23+. The highest BCUT2D eigenvalue weighted by Gasteiger charge is 2.51. The molecular weight excluding hydrogens is 431 g/mol. The van der Waals surface area contributed by atoms with Crippen molar-refractivity contribution in [3.63, 3.8) is 0 Å². The molecule has 1 aromatic heterocycles. The number of para-hydroxylation sites is 1. The first-order valence-electron chi connectivity index (χ1n) is 11.8. The van der Waals surface area contributed by atoms with Gasteiger partial charge in [-0.05, 0) is 49.7 Å². The minimum absolute atomic E-state index is 0.381. The third kappa shape index (κ3) is 4.11. The lowest BCUT2D eigenvalue weighted by atomic mass is 9.79. The van der Waals surface area contributed by atoms with Crippen molar-refractivity contribution in [2.75, 3.05) is 0 Å². The predicted molar refractivity (Wildman–Crippen MR) is 145 cm³/mol. The van der Waals surface area contributed by atoms with Crippen LogP contribution in [0.1, 0.15) is 33.4 Å². The molecule has 4 nitrogen and oxygen atoms in total. The number of benzene rings is 3. The van der Waals surface area contributed by atoms with Crippen LogP contribution in [0.25, 0.3) is 34.4 Å². The van der Waals surface area contributed by atoms with Gasteiger partial charge in [-0.3, -0.25) is 0 Å². The molecule has 0 saturated carbocycles. The van der Waals surface area contributed by atoms with Gasteiger partial charge < -0.3 is 9.31 Å². The van der Waals surface area contributed by atoms with E-state index in [-0.39, 0.29) is 11.2 Å². The highest BCUT2D eigenvalue weighted by molar-refractivity contribution is 6.62. The van der Waals surface area contributed by atoms with Gasteiger partial charge in [0.15, 0.2) is 5.82 Å². The van der Waals surface area contributed by atoms with E-state index in [9.17, 15) is 0 Å². The molecule has 174 valence electrons. The maximum atomic E-state index is 6.20. The molecule has 1 aliphatic heterocycles. The molecule has 1 saturated heterocycles. The van der Waals surface area contributed by atoms with E-state index < -0.39 is 7.12 Å². The minimum atomic E-state index is -0.406. The monoisotopic (exact) mass is 460 g/mol. The van der Waals surface area contributed by atoms with E-state index in [1.165, 1.54) is 0 Å². The van der Waals surface area contributed by atoms with Gasteiger partial charge in [0.25, 0.3) is 0 Å². The van der Waals surface area contributed by atoms with Crippen LogP contribution in [0.2, 0.25) is 0 Å². The number of hydrogen-bond acceptors (Lipinski definition) is 4. The zero-order valence-electron chi connectivity index (χ0n) is 20.7. The lowest BCUT2D eigenvalue weighted by molar-refractivity contribution is 0.00578. The Labute approximate surface area is 206 Å². The topological polar surface area (TPSA) is 44.2 Å². The smallest absolute Gasteiger partial charge is 0.399 e. The van der Waals surface area contributed by atoms with Crippen LogP contribution in [0.5, 0.6) is 0 Å². The van der Waals surface area contributed by atoms with Crippen LogP contribution in [0.15, 0.2) is 85.5 Å². The molecule has 5 rings (SSSR count). The quantitative estimate of drug-likeness (QED) is 0.424. The average molecular weight is 460 g/mol. The van der Waals surface area contributed by atoms with Crippen molar-refractivity contribution < 1.29 is 9.31 Å². The molecule has 1 fully saturated rings. The number of rotatable bonds is 4. The summed E-state index contributed by atoms with van der Waals surface area (Å²) in [6.07, 6.45) is 1.85. The molecule has 0 spiro atoms. The second-order valence-electron chi connectivity index (χ2n) is 9.90. The van der Waals surface area contributed by atoms with Crippen molar-refractivity contribution in [1.29, 1.82) is 0 Å². The van der Waals surface area contributed by atoms with Crippen LogP contribution >= 0.6 is 0 Å². The van der Waals surface area contributed by atoms with Gasteiger partial charge in [0.1, 0.15) is 0 Å². The van der Waals surface area contributed by atoms with E-state index in [0.717, 1.165) is 43.6 Å². The van der Waals surface area contributed by atoms with Crippen molar-refractivity contribution in [3.8, 4) is 11.4 Å². The molecular formula is C30H29BN2O2. The summed E-state index contributed by atoms with van der Waals surface area (Å²) in [5.74, 6) is 0.653. The van der Waals surface area contributed by atoms with Crippen LogP contribution in [0, 0.1) is 0 Å². The molecule has 0 unspecified atom stereocenters. The van der Waals surface area contributed by atoms with Crippen molar-refractivity contribution in [3.05, 3.63) is 102 Å². The Balaban J connectivity index is 1.62. The van der Waals surface area contributed by atoms with E-state index in [0.29, 0.717) is 5.82 Å². The lowest BCUT2D eigenvalue weighted by Gasteiger charge is -2.32. The minimum Gasteiger partial charge on any atom is -0.399 e. The second-order valence-corrected chi connectivity index (χ2v) is 9.90. The van der Waals surface area contributed by atoms with Crippen LogP contribution < -0.4 is 15.9 Å². The van der Waals surface area contributed by atoms with Gasteiger partial charge in [-0.1, -0.05) is 86.0 Å². The fourth-order valence-corrected chi connectivity index (χ4v) is 4.30. The van der Waals surface area contributed by atoms with Gasteiger partial charge in [-0.2, -0.15) is 0 Å². The Morgan fingerprint density at radius 2 is 1.46 bits per heavy atom. The number of hydrogen-bond donors (Lipinski definition) is 0. The zero-order valence-corrected chi connectivity index (χ0v) is 20.7. The Hall–Kier alpha value is -3.54. The van der Waals surface area contributed by atoms with Gasteiger partial charge in [-0.15, -0.1) is 0 Å². The Bertz CT molecular complexity index is 1530. The van der Waals surface area contributed by atoms with Crippen molar-refractivity contribution >= 4 is 35.6 Å². The molecule has 0 aliphatic carbocycles. The van der Waals surface area contributed by atoms with E-state index in [4.69, 9.17) is 19.3 Å². The molecule has 0 bridgehead atoms. The number of allylic oxidation sites excluding steroid dienone is 1. The number of aromatic nitrogens is 2. The molecule has 5 heteroatoms. The van der Waals surface area contributed by atoms with Gasteiger partial charge in [0.2, 0.25) is 0 Å². The molecule has 35 heavy (non-hydrogen) atoms. The van der Waals surface area contributed by atoms with E-state index >= 15 is 0 Å². The third-order valence-electron chi connectivity index (χ3n) is 7.06. The fraction of sp³-hybridized carbons (Fsp3) is 0.200. The summed E-state index contributed by atoms with van der Waals surface area (Å²) >= 11 is 0. The first-order chi connectivity index (χ1) is 16.7. The van der Waals surface area contributed by atoms with Crippen molar-refractivity contribution in [1.82, 2.24) is 9.97 Å². The van der Waals surface area contributed by atoms with Gasteiger partial charge in [-0.25, -0.2) is 9.97 Å². The van der Waals surface area contributed by atoms with Crippen molar-refractivity contribution in [2.45, 2.75) is 38.9 Å². The summed E-state index contributed by atoms with van der Waals surface area (Å²) in [5, 5.41) is 2.91. The normalized spacial score (nSPS) is 17.4. The molecule has 0 N–H and O–H groups in total. The van der Waals surface area contributed by atoms with Crippen LogP contribution in [0.3, 0.4) is 0 Å². The largest absolute Gasteiger partial charge is 0.494 e. The third-order valence-corrected chi connectivity index (χ3v) is 7.06. The Morgan fingerprint density at radius 3 is 2.11 bits per heavy atom. The average Bonchev–Trinajstić information content (AvgIpc) is 3.07. The van der Waals surface area contributed by atoms with E-state index in [1.807, 2.05) is 72.8 Å². The highest BCUT2D eigenvalue weighted by atomic mass is 16.7. The van der Waals surface area contributed by atoms with Crippen LogP contribution in [-0.2, 0) is 9.31 Å². The van der Waals surface area contributed by atoms with Gasteiger partial charge in [0, 0.05) is 16.5 Å². The first kappa shape index (κ1) is 23.2. The highest BCUT2D eigenvalue weighted by Crippen LogP contribution is 2.36. The number of fused-ring (bicyclic) bond motifs is 1. The summed E-state index contributed by atoms with van der Waals surface area (Å²) in [6.45, 7) is 16.5. The zero-order chi connectivity index (χ0) is 24.8. The molecule has 2 heterocycles. The molecule has 0 atom stereocenters. The van der Waals surface area contributed by atoms with Gasteiger partial charge in [0.05, 0.1) is 22.4 Å². The summed E-state index contributed by atoms with van der Waals surface area (Å²) < 4.78 is 12.4. The number of nitrogens with zero attached hydrogens (tertiary/aromatic N) is 2. The summed E-state index contributed by atoms with van der Waals surface area (Å²) in [5.41, 5.74) is 3.78. The van der Waals surface area contributed by atoms with Crippen molar-refractivity contribution in [2.24, 2.45) is 0 Å². The lowest BCUT2D eigenvalue weighted by Crippen LogP contribution is -2.41. The summed E-state index contributed by atoms with van der Waals surface area (Å²) in [4.78, 5) is 9.90. The van der Waals surface area contributed by atoms with E-state index in [2.05, 4.69) is 46.9 Å².